The van der Waals surface area contributed by atoms with Crippen molar-refractivity contribution in [1.29, 1.82) is 0 Å². The third kappa shape index (κ3) is 4.17. The van der Waals surface area contributed by atoms with E-state index >= 15 is 0 Å². The van der Waals surface area contributed by atoms with Gasteiger partial charge in [0, 0.05) is 24.3 Å². The fourth-order valence-electron chi connectivity index (χ4n) is 3.91. The summed E-state index contributed by atoms with van der Waals surface area (Å²) in [5.41, 5.74) is 2.52. The summed E-state index contributed by atoms with van der Waals surface area (Å²) in [5.74, 6) is 0.825. The highest BCUT2D eigenvalue weighted by Crippen LogP contribution is 2.27. The first-order valence-corrected chi connectivity index (χ1v) is 9.89. The molecule has 0 bridgehead atoms. The van der Waals surface area contributed by atoms with Gasteiger partial charge in [0.1, 0.15) is 5.76 Å². The number of hydrogen-bond acceptors (Lipinski definition) is 4. The van der Waals surface area contributed by atoms with E-state index in [-0.39, 0.29) is 12.1 Å². The number of aromatic nitrogens is 1. The number of furan rings is 1. The number of piperidine rings is 1. The Labute approximate surface area is 164 Å². The van der Waals surface area contributed by atoms with Crippen LogP contribution in [-0.4, -0.2) is 35.5 Å². The van der Waals surface area contributed by atoms with Gasteiger partial charge in [0.2, 0.25) is 0 Å². The number of carbonyl (C=O) groups excluding carboxylic acids is 1. The molecule has 2 aromatic heterocycles. The van der Waals surface area contributed by atoms with Crippen LogP contribution in [0.1, 0.15) is 36.6 Å². The number of benzene rings is 1. The highest BCUT2D eigenvalue weighted by molar-refractivity contribution is 5.99. The molecule has 1 saturated heterocycles. The lowest BCUT2D eigenvalue weighted by Crippen LogP contribution is -2.41. The SMILES string of the molecule is Cc1cc2cccc(NC(=O)NC[C@@H](c3cccnc3)N3CCCCC3)c2o1. The Morgan fingerprint density at radius 2 is 2.07 bits per heavy atom. The molecule has 0 saturated carbocycles. The Bertz CT molecular complexity index is 932. The number of pyridine rings is 1. The quantitative estimate of drug-likeness (QED) is 0.686. The Morgan fingerprint density at radius 1 is 1.21 bits per heavy atom. The van der Waals surface area contributed by atoms with E-state index in [1.807, 2.05) is 43.5 Å². The minimum absolute atomic E-state index is 0.126. The van der Waals surface area contributed by atoms with Crippen LogP contribution in [-0.2, 0) is 0 Å². The first-order chi connectivity index (χ1) is 13.7. The van der Waals surface area contributed by atoms with Crippen LogP contribution in [0, 0.1) is 6.92 Å². The zero-order valence-corrected chi connectivity index (χ0v) is 16.1. The lowest BCUT2D eigenvalue weighted by atomic mass is 10.0. The number of hydrogen-bond donors (Lipinski definition) is 2. The molecule has 3 heterocycles. The number of likely N-dealkylation sites (tertiary alicyclic amines) is 1. The minimum atomic E-state index is -0.229. The van der Waals surface area contributed by atoms with Gasteiger partial charge in [-0.15, -0.1) is 0 Å². The second-order valence-electron chi connectivity index (χ2n) is 7.31. The molecule has 146 valence electrons. The van der Waals surface area contributed by atoms with E-state index in [0.29, 0.717) is 17.8 Å². The Balaban J connectivity index is 1.45. The molecule has 3 aromatic rings. The predicted octanol–water partition coefficient (Wildman–Crippen LogP) is 4.48. The van der Waals surface area contributed by atoms with Gasteiger partial charge in [-0.2, -0.15) is 0 Å². The molecule has 1 atom stereocenters. The van der Waals surface area contributed by atoms with Crippen LogP contribution in [0.3, 0.4) is 0 Å². The van der Waals surface area contributed by atoms with Crippen molar-refractivity contribution >= 4 is 22.7 Å². The molecular weight excluding hydrogens is 352 g/mol. The number of urea groups is 1. The molecule has 2 N–H and O–H groups in total. The summed E-state index contributed by atoms with van der Waals surface area (Å²) < 4.78 is 5.73. The lowest BCUT2D eigenvalue weighted by molar-refractivity contribution is 0.161. The lowest BCUT2D eigenvalue weighted by Gasteiger charge is -2.34. The number of carbonyl (C=O) groups is 1. The van der Waals surface area contributed by atoms with Crippen LogP contribution in [0.25, 0.3) is 11.0 Å². The summed E-state index contributed by atoms with van der Waals surface area (Å²) in [4.78, 5) is 19.3. The molecule has 1 fully saturated rings. The Kier molecular flexibility index (Phi) is 5.58. The first kappa shape index (κ1) is 18.5. The van der Waals surface area contributed by atoms with Gasteiger partial charge in [-0.1, -0.05) is 24.6 Å². The molecule has 4 rings (SSSR count). The van der Waals surface area contributed by atoms with E-state index in [1.165, 1.54) is 19.3 Å². The Hall–Kier alpha value is -2.86. The van der Waals surface area contributed by atoms with Crippen LogP contribution in [0.4, 0.5) is 10.5 Å². The van der Waals surface area contributed by atoms with Gasteiger partial charge in [-0.3, -0.25) is 9.88 Å². The number of anilines is 1. The summed E-state index contributed by atoms with van der Waals surface area (Å²) in [5, 5.41) is 6.95. The fraction of sp³-hybridized carbons (Fsp3) is 0.364. The van der Waals surface area contributed by atoms with Gasteiger partial charge in [-0.25, -0.2) is 4.79 Å². The number of amides is 2. The number of aryl methyl sites for hydroxylation is 1. The normalized spacial score (nSPS) is 16.0. The van der Waals surface area contributed by atoms with Crippen molar-refractivity contribution in [3.8, 4) is 0 Å². The molecule has 1 aliphatic rings. The van der Waals surface area contributed by atoms with Crippen LogP contribution >= 0.6 is 0 Å². The first-order valence-electron chi connectivity index (χ1n) is 9.89. The molecule has 0 unspecified atom stereocenters. The second kappa shape index (κ2) is 8.44. The molecule has 1 aromatic carbocycles. The predicted molar refractivity (Wildman–Crippen MR) is 110 cm³/mol. The fourth-order valence-corrected chi connectivity index (χ4v) is 3.91. The van der Waals surface area contributed by atoms with Crippen LogP contribution in [0.2, 0.25) is 0 Å². The zero-order valence-electron chi connectivity index (χ0n) is 16.1. The molecule has 28 heavy (non-hydrogen) atoms. The third-order valence-electron chi connectivity index (χ3n) is 5.27. The molecular formula is C22H26N4O2. The van der Waals surface area contributed by atoms with E-state index in [1.54, 1.807) is 6.20 Å². The zero-order chi connectivity index (χ0) is 19.3. The molecule has 2 amide bonds. The third-order valence-corrected chi connectivity index (χ3v) is 5.27. The average molecular weight is 378 g/mol. The minimum Gasteiger partial charge on any atom is -0.459 e. The Morgan fingerprint density at radius 3 is 2.86 bits per heavy atom. The number of nitrogens with zero attached hydrogens (tertiary/aromatic N) is 2. The van der Waals surface area contributed by atoms with Crippen molar-refractivity contribution in [3.05, 3.63) is 60.1 Å². The largest absolute Gasteiger partial charge is 0.459 e. The van der Waals surface area contributed by atoms with E-state index in [2.05, 4.69) is 26.6 Å². The highest BCUT2D eigenvalue weighted by Gasteiger charge is 2.23. The van der Waals surface area contributed by atoms with E-state index in [0.717, 1.165) is 29.8 Å². The van der Waals surface area contributed by atoms with Crippen molar-refractivity contribution < 1.29 is 9.21 Å². The molecule has 6 nitrogen and oxygen atoms in total. The number of fused-ring (bicyclic) bond motifs is 1. The van der Waals surface area contributed by atoms with E-state index < -0.39 is 0 Å². The molecule has 0 aliphatic carbocycles. The summed E-state index contributed by atoms with van der Waals surface area (Å²) in [6.07, 6.45) is 7.34. The summed E-state index contributed by atoms with van der Waals surface area (Å²) in [7, 11) is 0. The summed E-state index contributed by atoms with van der Waals surface area (Å²) in [6.45, 7) is 4.54. The van der Waals surface area contributed by atoms with Crippen LogP contribution < -0.4 is 10.6 Å². The summed E-state index contributed by atoms with van der Waals surface area (Å²) in [6, 6.07) is 11.6. The van der Waals surface area contributed by atoms with E-state index in [9.17, 15) is 4.79 Å². The van der Waals surface area contributed by atoms with Crippen molar-refractivity contribution in [3.63, 3.8) is 0 Å². The van der Waals surface area contributed by atoms with Crippen molar-refractivity contribution in [2.45, 2.75) is 32.2 Å². The van der Waals surface area contributed by atoms with Crippen molar-refractivity contribution in [2.24, 2.45) is 0 Å². The monoisotopic (exact) mass is 378 g/mol. The topological polar surface area (TPSA) is 70.4 Å². The number of nitrogens with one attached hydrogen (secondary N) is 2. The maximum atomic E-state index is 12.6. The smallest absolute Gasteiger partial charge is 0.319 e. The average Bonchev–Trinajstić information content (AvgIpc) is 3.11. The molecule has 0 radical (unpaired) electrons. The van der Waals surface area contributed by atoms with Gasteiger partial charge < -0.3 is 15.1 Å². The summed E-state index contributed by atoms with van der Waals surface area (Å²) >= 11 is 0. The standard InChI is InChI=1S/C22H26N4O2/c1-16-13-17-7-5-9-19(21(17)28-16)25-22(27)24-15-20(18-8-6-10-23-14-18)26-11-3-2-4-12-26/h5-10,13-14,20H,2-4,11-12,15H2,1H3,(H2,24,25,27)/t20-/m0/s1. The van der Waals surface area contributed by atoms with Gasteiger partial charge in [0.15, 0.2) is 5.58 Å². The van der Waals surface area contributed by atoms with Gasteiger partial charge in [0.05, 0.1) is 11.7 Å². The van der Waals surface area contributed by atoms with E-state index in [4.69, 9.17) is 4.42 Å². The number of para-hydroxylation sites is 1. The second-order valence-corrected chi connectivity index (χ2v) is 7.31. The highest BCUT2D eigenvalue weighted by atomic mass is 16.3. The van der Waals surface area contributed by atoms with Crippen LogP contribution in [0.15, 0.2) is 53.2 Å². The van der Waals surface area contributed by atoms with Crippen molar-refractivity contribution in [2.75, 3.05) is 25.0 Å². The molecule has 0 spiro atoms. The maximum absolute atomic E-state index is 12.6. The van der Waals surface area contributed by atoms with Crippen LogP contribution in [0.5, 0.6) is 0 Å². The van der Waals surface area contributed by atoms with Gasteiger partial charge >= 0.3 is 6.03 Å². The molecule has 1 aliphatic heterocycles. The van der Waals surface area contributed by atoms with Gasteiger partial charge in [0.25, 0.3) is 0 Å². The maximum Gasteiger partial charge on any atom is 0.319 e. The van der Waals surface area contributed by atoms with Crippen molar-refractivity contribution in [1.82, 2.24) is 15.2 Å². The number of rotatable bonds is 5. The molecule has 6 heteroatoms. The van der Waals surface area contributed by atoms with Gasteiger partial charge in [-0.05, 0) is 56.6 Å².